The van der Waals surface area contributed by atoms with E-state index in [2.05, 4.69) is 25.5 Å². The lowest BCUT2D eigenvalue weighted by atomic mass is 10.2. The van der Waals surface area contributed by atoms with E-state index in [1.54, 1.807) is 33.3 Å². The Morgan fingerprint density at radius 2 is 1.23 bits per heavy atom. The maximum atomic E-state index is 12.0. The fourth-order valence-corrected chi connectivity index (χ4v) is 5.18. The molecule has 0 aromatic heterocycles. The Balaban J connectivity index is 0.00000108. The van der Waals surface area contributed by atoms with Crippen molar-refractivity contribution in [1.82, 2.24) is 0 Å². The predicted octanol–water partition coefficient (Wildman–Crippen LogP) is 10.8. The van der Waals surface area contributed by atoms with Crippen LogP contribution >= 0.6 is 0 Å². The predicted molar refractivity (Wildman–Crippen MR) is 241 cm³/mol. The molecule has 12 heteroatoms. The van der Waals surface area contributed by atoms with Gasteiger partial charge in [0.05, 0.1) is 47.3 Å². The van der Waals surface area contributed by atoms with Gasteiger partial charge in [-0.3, -0.25) is 9.59 Å². The van der Waals surface area contributed by atoms with E-state index in [1.807, 2.05) is 49.4 Å². The second-order valence-electron chi connectivity index (χ2n) is 13.9. The number of rotatable bonds is 31. The van der Waals surface area contributed by atoms with E-state index in [-0.39, 0.29) is 24.0 Å². The van der Waals surface area contributed by atoms with Crippen molar-refractivity contribution < 1.29 is 57.1 Å². The fourth-order valence-electron chi connectivity index (χ4n) is 5.18. The molecule has 0 amide bonds. The summed E-state index contributed by atoms with van der Waals surface area (Å²) in [6.07, 6.45) is 28.4. The molecule has 1 aromatic carbocycles. The molecule has 0 saturated carbocycles. The van der Waals surface area contributed by atoms with Crippen molar-refractivity contribution in [3.8, 4) is 11.5 Å². The van der Waals surface area contributed by atoms with Crippen molar-refractivity contribution in [2.24, 2.45) is 0 Å². The third kappa shape index (κ3) is 31.7. The lowest BCUT2D eigenvalue weighted by molar-refractivity contribution is -0.143. The van der Waals surface area contributed by atoms with E-state index < -0.39 is 0 Å². The van der Waals surface area contributed by atoms with E-state index in [0.29, 0.717) is 64.0 Å². The molecular formula is C49H76O12. The van der Waals surface area contributed by atoms with Gasteiger partial charge in [-0.15, -0.1) is 0 Å². The summed E-state index contributed by atoms with van der Waals surface area (Å²) >= 11 is 0. The molecule has 0 aliphatic heterocycles. The number of allylic oxidation sites excluding steroid dienone is 5. The Bertz CT molecular complexity index is 1460. The molecule has 1 aliphatic rings. The van der Waals surface area contributed by atoms with Crippen LogP contribution in [0.4, 0.5) is 0 Å². The van der Waals surface area contributed by atoms with Crippen LogP contribution in [0.15, 0.2) is 72.1 Å². The van der Waals surface area contributed by atoms with Gasteiger partial charge in [-0.25, -0.2) is 9.59 Å². The summed E-state index contributed by atoms with van der Waals surface area (Å²) in [5, 5.41) is 0. The van der Waals surface area contributed by atoms with Gasteiger partial charge in [-0.1, -0.05) is 91.4 Å². The van der Waals surface area contributed by atoms with E-state index in [9.17, 15) is 19.2 Å². The molecule has 1 unspecified atom stereocenters. The minimum Gasteiger partial charge on any atom is -0.498 e. The summed E-state index contributed by atoms with van der Waals surface area (Å²) in [6.45, 7) is 13.8. The molecular weight excluding hydrogens is 781 g/mol. The first-order chi connectivity index (χ1) is 29.7. The molecule has 2 rings (SSSR count). The smallest absolute Gasteiger partial charge is 0.330 e. The largest absolute Gasteiger partial charge is 0.498 e. The Labute approximate surface area is 366 Å². The van der Waals surface area contributed by atoms with Gasteiger partial charge in [-0.05, 0) is 98.9 Å². The Kier molecular flexibility index (Phi) is 37.3. The van der Waals surface area contributed by atoms with Gasteiger partial charge in [0.1, 0.15) is 11.9 Å². The highest BCUT2D eigenvalue weighted by molar-refractivity contribution is 5.87. The maximum Gasteiger partial charge on any atom is 0.330 e. The first-order valence-corrected chi connectivity index (χ1v) is 22.2. The van der Waals surface area contributed by atoms with Gasteiger partial charge in [0.15, 0.2) is 11.5 Å². The van der Waals surface area contributed by atoms with E-state index in [0.717, 1.165) is 81.1 Å². The first-order valence-electron chi connectivity index (χ1n) is 22.2. The standard InChI is InChI=1S/C26H40O6.C19H28O4.C4H8O2/c1-4-6-7-10-18-30-23-15-13-14-22(21-24(23)29-3)16-17-26(28)32-20-12-9-8-11-19-31-25(27)5-2;1-4-6-8-14-22-17-11-9-16(15-18(17)21-3)10-12-19(20)23-13-7-5-2;1-2-3-6-4-5/h13-17,21,23H,4-12,18-20H2,1-3H3;9-12,15H,4-8,13-14H2,1-3H3;4H,2-3H2,1H3/b17-16+;12-10+;. The van der Waals surface area contributed by atoms with Crippen molar-refractivity contribution in [1.29, 1.82) is 0 Å². The third-order valence-electron chi connectivity index (χ3n) is 8.68. The lowest BCUT2D eigenvalue weighted by Gasteiger charge is -2.16. The van der Waals surface area contributed by atoms with Crippen LogP contribution < -0.4 is 9.47 Å². The summed E-state index contributed by atoms with van der Waals surface area (Å²) in [7, 11) is 3.24. The molecule has 0 radical (unpaired) electrons. The number of hydrogen-bond donors (Lipinski definition) is 0. The number of esters is 3. The normalized spacial score (nSPS) is 13.1. The summed E-state index contributed by atoms with van der Waals surface area (Å²) in [5.41, 5.74) is 1.71. The zero-order valence-corrected chi connectivity index (χ0v) is 38.3. The van der Waals surface area contributed by atoms with Crippen LogP contribution in [-0.2, 0) is 47.6 Å². The number of carbonyl (C=O) groups excluding carboxylic acids is 4. The zero-order chi connectivity index (χ0) is 45.2. The van der Waals surface area contributed by atoms with Gasteiger partial charge in [0, 0.05) is 25.2 Å². The maximum absolute atomic E-state index is 12.0. The number of hydrogen-bond acceptors (Lipinski definition) is 12. The molecule has 1 atom stereocenters. The number of unbranched alkanes of at least 4 members (excludes halogenated alkanes) is 9. The van der Waals surface area contributed by atoms with Crippen molar-refractivity contribution in [2.75, 3.05) is 53.9 Å². The Hall–Kier alpha value is -4.84. The highest BCUT2D eigenvalue weighted by Crippen LogP contribution is 2.29. The monoisotopic (exact) mass is 857 g/mol. The summed E-state index contributed by atoms with van der Waals surface area (Å²) in [6, 6.07) is 5.62. The topological polar surface area (TPSA) is 142 Å². The van der Waals surface area contributed by atoms with Gasteiger partial charge in [0.25, 0.3) is 6.47 Å². The van der Waals surface area contributed by atoms with Crippen molar-refractivity contribution in [2.45, 2.75) is 137 Å². The summed E-state index contributed by atoms with van der Waals surface area (Å²) in [4.78, 5) is 43.9. The molecule has 12 nitrogen and oxygen atoms in total. The molecule has 1 aliphatic carbocycles. The number of methoxy groups -OCH3 is 2. The van der Waals surface area contributed by atoms with Gasteiger partial charge in [-0.2, -0.15) is 0 Å². The van der Waals surface area contributed by atoms with Crippen molar-refractivity contribution in [3.63, 3.8) is 0 Å². The molecule has 0 spiro atoms. The molecule has 344 valence electrons. The first kappa shape index (κ1) is 56.2. The van der Waals surface area contributed by atoms with Crippen LogP contribution in [0.5, 0.6) is 11.5 Å². The molecule has 0 heterocycles. The average Bonchev–Trinajstić information content (AvgIpc) is 3.48. The van der Waals surface area contributed by atoms with Gasteiger partial charge in [0.2, 0.25) is 0 Å². The van der Waals surface area contributed by atoms with E-state index in [4.69, 9.17) is 33.2 Å². The lowest BCUT2D eigenvalue weighted by Crippen LogP contribution is -2.15. The zero-order valence-electron chi connectivity index (χ0n) is 38.3. The Morgan fingerprint density at radius 3 is 1.84 bits per heavy atom. The van der Waals surface area contributed by atoms with Crippen LogP contribution in [0.25, 0.3) is 6.08 Å². The highest BCUT2D eigenvalue weighted by Gasteiger charge is 2.15. The third-order valence-corrected chi connectivity index (χ3v) is 8.68. The average molecular weight is 857 g/mol. The van der Waals surface area contributed by atoms with Gasteiger partial charge < -0.3 is 37.9 Å². The molecule has 61 heavy (non-hydrogen) atoms. The van der Waals surface area contributed by atoms with E-state index in [1.165, 1.54) is 37.8 Å². The summed E-state index contributed by atoms with van der Waals surface area (Å²) in [5.74, 6) is 1.25. The minimum absolute atomic E-state index is 0.164. The van der Waals surface area contributed by atoms with Crippen LogP contribution in [-0.4, -0.2) is 84.3 Å². The van der Waals surface area contributed by atoms with Crippen molar-refractivity contribution in [3.05, 3.63) is 77.6 Å². The van der Waals surface area contributed by atoms with Crippen LogP contribution in [0.1, 0.15) is 136 Å². The van der Waals surface area contributed by atoms with Crippen molar-refractivity contribution >= 4 is 30.5 Å². The van der Waals surface area contributed by atoms with Crippen LogP contribution in [0, 0.1) is 0 Å². The second-order valence-corrected chi connectivity index (χ2v) is 13.9. The van der Waals surface area contributed by atoms with Crippen LogP contribution in [0.3, 0.4) is 0 Å². The van der Waals surface area contributed by atoms with Gasteiger partial charge >= 0.3 is 17.9 Å². The minimum atomic E-state index is -0.368. The Morgan fingerprint density at radius 1 is 0.623 bits per heavy atom. The number of carbonyl (C=O) groups is 4. The molecule has 0 saturated heterocycles. The SMILES string of the molecule is CCCCCCOC1C=CC=C(/C=C/C(=O)OCCCCCCOC(=O)CC)C=C1OC.CCCCCOc1ccc(/C=C/C(=O)OCCCC)cc1OC.CCCOC=O. The number of ether oxygens (including phenoxy) is 8. The fraction of sp³-hybridized carbons (Fsp3) is 0.592. The molecule has 0 N–H and O–H groups in total. The molecule has 0 fully saturated rings. The molecule has 1 aromatic rings. The summed E-state index contributed by atoms with van der Waals surface area (Å²) < 4.78 is 42.2. The second kappa shape index (κ2) is 40.6. The number of benzene rings is 1. The van der Waals surface area contributed by atoms with E-state index >= 15 is 0 Å². The molecule has 0 bridgehead atoms. The quantitative estimate of drug-likeness (QED) is 0.0231. The highest BCUT2D eigenvalue weighted by atomic mass is 16.5. The van der Waals surface area contributed by atoms with Crippen LogP contribution in [0.2, 0.25) is 0 Å².